The van der Waals surface area contributed by atoms with E-state index >= 15 is 0 Å². The fraction of sp³-hybridized carbons (Fsp3) is 0.273. The highest BCUT2D eigenvalue weighted by molar-refractivity contribution is 6.28. The monoisotopic (exact) mass is 221 g/mol. The summed E-state index contributed by atoms with van der Waals surface area (Å²) >= 11 is 5.85. The molecule has 0 saturated carbocycles. The van der Waals surface area contributed by atoms with Crippen LogP contribution in [-0.2, 0) is 6.42 Å². The number of fused-ring (bicyclic) bond motifs is 1. The summed E-state index contributed by atoms with van der Waals surface area (Å²) in [6, 6.07) is 7.87. The summed E-state index contributed by atoms with van der Waals surface area (Å²) in [6.45, 7) is 0.663. The van der Waals surface area contributed by atoms with Gasteiger partial charge in [0.15, 0.2) is 0 Å². The van der Waals surface area contributed by atoms with Crippen molar-refractivity contribution in [1.82, 2.24) is 9.97 Å². The predicted octanol–water partition coefficient (Wildman–Crippen LogP) is 2.17. The van der Waals surface area contributed by atoms with Gasteiger partial charge in [-0.3, -0.25) is 0 Å². The smallest absolute Gasteiger partial charge is 0.223 e. The van der Waals surface area contributed by atoms with E-state index in [2.05, 4.69) is 9.97 Å². The second kappa shape index (κ2) is 4.55. The van der Waals surface area contributed by atoms with Gasteiger partial charge in [0.05, 0.1) is 11.2 Å². The van der Waals surface area contributed by atoms with Crippen LogP contribution in [0.2, 0.25) is 5.28 Å². The first kappa shape index (κ1) is 10.3. The van der Waals surface area contributed by atoms with E-state index in [1.165, 1.54) is 0 Å². The van der Waals surface area contributed by atoms with E-state index in [1.807, 2.05) is 24.3 Å². The second-order valence-electron chi connectivity index (χ2n) is 3.35. The van der Waals surface area contributed by atoms with Crippen molar-refractivity contribution in [3.8, 4) is 0 Å². The number of benzene rings is 1. The fourth-order valence-electron chi connectivity index (χ4n) is 1.57. The minimum absolute atomic E-state index is 0.306. The Bertz CT molecular complexity index is 470. The summed E-state index contributed by atoms with van der Waals surface area (Å²) in [5.74, 6) is 0. The van der Waals surface area contributed by atoms with E-state index in [9.17, 15) is 0 Å². The van der Waals surface area contributed by atoms with Crippen molar-refractivity contribution in [2.24, 2.45) is 5.73 Å². The summed E-state index contributed by atoms with van der Waals surface area (Å²) in [6.07, 6.45) is 1.76. The molecule has 1 heterocycles. The zero-order valence-corrected chi connectivity index (χ0v) is 9.04. The molecule has 0 aliphatic carbocycles. The Morgan fingerprint density at radius 3 is 2.80 bits per heavy atom. The van der Waals surface area contributed by atoms with Gasteiger partial charge in [-0.1, -0.05) is 18.2 Å². The number of halogens is 1. The lowest BCUT2D eigenvalue weighted by molar-refractivity contribution is 0.814. The summed E-state index contributed by atoms with van der Waals surface area (Å²) in [5.41, 5.74) is 7.36. The number of hydrogen-bond donors (Lipinski definition) is 1. The van der Waals surface area contributed by atoms with Gasteiger partial charge in [0.2, 0.25) is 5.28 Å². The number of nitrogens with zero attached hydrogens (tertiary/aromatic N) is 2. The highest BCUT2D eigenvalue weighted by atomic mass is 35.5. The summed E-state index contributed by atoms with van der Waals surface area (Å²) in [7, 11) is 0. The summed E-state index contributed by atoms with van der Waals surface area (Å²) in [4.78, 5) is 8.41. The van der Waals surface area contributed by atoms with Crippen LogP contribution in [-0.4, -0.2) is 16.5 Å². The molecule has 3 nitrogen and oxygen atoms in total. The van der Waals surface area contributed by atoms with Gasteiger partial charge in [0.1, 0.15) is 0 Å². The third kappa shape index (κ3) is 2.25. The van der Waals surface area contributed by atoms with Crippen LogP contribution in [0.5, 0.6) is 0 Å². The lowest BCUT2D eigenvalue weighted by Gasteiger charge is -2.04. The average molecular weight is 222 g/mol. The SMILES string of the molecule is NCCCc1nc(Cl)nc2ccccc12. The molecular weight excluding hydrogens is 210 g/mol. The topological polar surface area (TPSA) is 51.8 Å². The van der Waals surface area contributed by atoms with Gasteiger partial charge in [0, 0.05) is 5.39 Å². The number of para-hydroxylation sites is 1. The van der Waals surface area contributed by atoms with Crippen molar-refractivity contribution in [3.63, 3.8) is 0 Å². The van der Waals surface area contributed by atoms with Crippen molar-refractivity contribution >= 4 is 22.5 Å². The molecule has 0 aliphatic rings. The van der Waals surface area contributed by atoms with E-state index in [0.717, 1.165) is 29.4 Å². The largest absolute Gasteiger partial charge is 0.330 e. The molecule has 4 heteroatoms. The standard InChI is InChI=1S/C11H12ClN3/c12-11-14-9-5-2-1-4-8(9)10(15-11)6-3-7-13/h1-2,4-5H,3,6-7,13H2. The molecule has 0 spiro atoms. The molecule has 2 N–H and O–H groups in total. The third-order valence-electron chi connectivity index (χ3n) is 2.27. The lowest BCUT2D eigenvalue weighted by Crippen LogP contribution is -2.02. The highest BCUT2D eigenvalue weighted by Gasteiger charge is 2.05. The van der Waals surface area contributed by atoms with Crippen molar-refractivity contribution < 1.29 is 0 Å². The number of hydrogen-bond acceptors (Lipinski definition) is 3. The van der Waals surface area contributed by atoms with Crippen molar-refractivity contribution in [1.29, 1.82) is 0 Å². The number of rotatable bonds is 3. The molecule has 0 bridgehead atoms. The Labute approximate surface area is 93.3 Å². The van der Waals surface area contributed by atoms with Crippen molar-refractivity contribution in [2.45, 2.75) is 12.8 Å². The van der Waals surface area contributed by atoms with E-state index in [0.29, 0.717) is 11.8 Å². The van der Waals surface area contributed by atoms with Gasteiger partial charge in [-0.05, 0) is 37.1 Å². The van der Waals surface area contributed by atoms with Gasteiger partial charge in [-0.15, -0.1) is 0 Å². The maximum Gasteiger partial charge on any atom is 0.223 e. The highest BCUT2D eigenvalue weighted by Crippen LogP contribution is 2.18. The van der Waals surface area contributed by atoms with Crippen LogP contribution in [0.3, 0.4) is 0 Å². The van der Waals surface area contributed by atoms with Gasteiger partial charge in [-0.25, -0.2) is 9.97 Å². The molecule has 0 atom stereocenters. The first-order chi connectivity index (χ1) is 7.31. The minimum atomic E-state index is 0.306. The number of aryl methyl sites for hydroxylation is 1. The van der Waals surface area contributed by atoms with Gasteiger partial charge in [0.25, 0.3) is 0 Å². The zero-order valence-electron chi connectivity index (χ0n) is 8.28. The fourth-order valence-corrected chi connectivity index (χ4v) is 1.76. The summed E-state index contributed by atoms with van der Waals surface area (Å²) in [5, 5.41) is 1.37. The van der Waals surface area contributed by atoms with E-state index in [-0.39, 0.29) is 0 Å². The zero-order chi connectivity index (χ0) is 10.7. The van der Waals surface area contributed by atoms with Crippen LogP contribution in [0.4, 0.5) is 0 Å². The van der Waals surface area contributed by atoms with E-state index < -0.39 is 0 Å². The summed E-state index contributed by atoms with van der Waals surface area (Å²) < 4.78 is 0. The molecule has 15 heavy (non-hydrogen) atoms. The number of aromatic nitrogens is 2. The molecular formula is C11H12ClN3. The first-order valence-electron chi connectivity index (χ1n) is 4.92. The Kier molecular flexibility index (Phi) is 3.14. The van der Waals surface area contributed by atoms with E-state index in [4.69, 9.17) is 17.3 Å². The average Bonchev–Trinajstić information content (AvgIpc) is 2.25. The molecule has 2 rings (SSSR count). The first-order valence-corrected chi connectivity index (χ1v) is 5.30. The van der Waals surface area contributed by atoms with Crippen LogP contribution in [0.25, 0.3) is 10.9 Å². The Hall–Kier alpha value is -1.19. The number of nitrogens with two attached hydrogens (primary N) is 1. The van der Waals surface area contributed by atoms with Crippen LogP contribution in [0.1, 0.15) is 12.1 Å². The molecule has 0 saturated heterocycles. The van der Waals surface area contributed by atoms with Crippen LogP contribution in [0.15, 0.2) is 24.3 Å². The minimum Gasteiger partial charge on any atom is -0.330 e. The lowest BCUT2D eigenvalue weighted by atomic mass is 10.1. The Balaban J connectivity index is 2.50. The second-order valence-corrected chi connectivity index (χ2v) is 3.69. The molecule has 0 amide bonds. The van der Waals surface area contributed by atoms with Crippen LogP contribution >= 0.6 is 11.6 Å². The molecule has 1 aromatic heterocycles. The molecule has 1 aromatic carbocycles. The van der Waals surface area contributed by atoms with Crippen LogP contribution in [0, 0.1) is 0 Å². The van der Waals surface area contributed by atoms with Gasteiger partial charge in [-0.2, -0.15) is 0 Å². The van der Waals surface area contributed by atoms with Gasteiger partial charge < -0.3 is 5.73 Å². The molecule has 0 fully saturated rings. The quantitative estimate of drug-likeness (QED) is 0.809. The van der Waals surface area contributed by atoms with Gasteiger partial charge >= 0.3 is 0 Å². The van der Waals surface area contributed by atoms with Crippen molar-refractivity contribution in [2.75, 3.05) is 6.54 Å². The molecule has 0 aliphatic heterocycles. The van der Waals surface area contributed by atoms with E-state index in [1.54, 1.807) is 0 Å². The molecule has 0 radical (unpaired) electrons. The molecule has 0 unspecified atom stereocenters. The van der Waals surface area contributed by atoms with Crippen molar-refractivity contribution in [3.05, 3.63) is 35.2 Å². The normalized spacial score (nSPS) is 10.8. The Morgan fingerprint density at radius 1 is 1.20 bits per heavy atom. The van der Waals surface area contributed by atoms with Crippen LogP contribution < -0.4 is 5.73 Å². The maximum absolute atomic E-state index is 5.85. The predicted molar refractivity (Wildman–Crippen MR) is 61.9 cm³/mol. The maximum atomic E-state index is 5.85. The third-order valence-corrected chi connectivity index (χ3v) is 2.44. The molecule has 2 aromatic rings. The Morgan fingerprint density at radius 2 is 2.00 bits per heavy atom. The molecule has 78 valence electrons.